The number of hydrogen-bond donors (Lipinski definition) is 1. The van der Waals surface area contributed by atoms with Gasteiger partial charge in [-0.15, -0.1) is 0 Å². The van der Waals surface area contributed by atoms with Gasteiger partial charge in [-0.25, -0.2) is 8.42 Å². The second-order valence-corrected chi connectivity index (χ2v) is 7.77. The van der Waals surface area contributed by atoms with Gasteiger partial charge in [-0.05, 0) is 6.07 Å². The summed E-state index contributed by atoms with van der Waals surface area (Å²) < 4.78 is 63.8. The second kappa shape index (κ2) is 6.55. The first-order chi connectivity index (χ1) is 11.2. The van der Waals surface area contributed by atoms with Crippen LogP contribution in [-0.2, 0) is 22.6 Å². The molecule has 1 N–H and O–H groups in total. The fraction of sp³-hybridized carbons (Fsp3) is 0.312. The molecule has 0 fully saturated rings. The van der Waals surface area contributed by atoms with E-state index >= 15 is 0 Å². The van der Waals surface area contributed by atoms with E-state index in [9.17, 15) is 21.6 Å². The number of sulfone groups is 1. The molecule has 25 heavy (non-hydrogen) atoms. The molecule has 3 aromatic rings. The fourth-order valence-electron chi connectivity index (χ4n) is 2.60. The second-order valence-electron chi connectivity index (χ2n) is 5.51. The Balaban J connectivity index is 0.00000225. The molecular formula is C16H18F3N3O2S. The molecule has 0 amide bonds. The molecule has 0 radical (unpaired) electrons. The van der Waals surface area contributed by atoms with E-state index < -0.39 is 27.5 Å². The van der Waals surface area contributed by atoms with E-state index in [4.69, 9.17) is 0 Å². The highest BCUT2D eigenvalue weighted by molar-refractivity contribution is 7.90. The molecule has 0 saturated carbocycles. The van der Waals surface area contributed by atoms with Crippen molar-refractivity contribution in [3.8, 4) is 11.1 Å². The van der Waals surface area contributed by atoms with Crippen LogP contribution in [0.25, 0.3) is 22.0 Å². The number of aryl methyl sites for hydroxylation is 1. The van der Waals surface area contributed by atoms with Gasteiger partial charge < -0.3 is 4.98 Å². The Labute approximate surface area is 143 Å². The minimum atomic E-state index is -4.65. The van der Waals surface area contributed by atoms with Crippen LogP contribution >= 0.6 is 0 Å². The Bertz CT molecular complexity index is 988. The zero-order valence-corrected chi connectivity index (χ0v) is 13.4. The number of nitrogens with zero attached hydrogens (tertiary/aromatic N) is 2. The molecule has 2 aromatic heterocycles. The predicted octanol–water partition coefficient (Wildman–Crippen LogP) is 3.73. The molecule has 3 rings (SSSR count). The van der Waals surface area contributed by atoms with Gasteiger partial charge in [-0.3, -0.25) is 4.68 Å². The maximum Gasteiger partial charge on any atom is 0.433 e. The summed E-state index contributed by atoms with van der Waals surface area (Å²) in [7, 11) is -3.40. The monoisotopic (exact) mass is 373 g/mol. The fourth-order valence-corrected chi connectivity index (χ4v) is 3.10. The molecule has 0 spiro atoms. The lowest BCUT2D eigenvalue weighted by Crippen LogP contribution is -2.19. The molecule has 0 aliphatic carbocycles. The number of rotatable bonds is 4. The lowest BCUT2D eigenvalue weighted by Gasteiger charge is -2.12. The molecule has 0 aliphatic heterocycles. The number of fused-ring (bicyclic) bond motifs is 1. The van der Waals surface area contributed by atoms with Crippen molar-refractivity contribution in [1.82, 2.24) is 14.8 Å². The van der Waals surface area contributed by atoms with Gasteiger partial charge in [-0.2, -0.15) is 18.3 Å². The maximum absolute atomic E-state index is 13.5. The average molecular weight is 373 g/mol. The van der Waals surface area contributed by atoms with E-state index in [-0.39, 0.29) is 19.5 Å². The molecule has 0 atom stereocenters. The molecule has 1 aromatic carbocycles. The molecule has 2 heterocycles. The molecule has 0 saturated heterocycles. The summed E-state index contributed by atoms with van der Waals surface area (Å²) in [5.74, 6) is -0.412. The van der Waals surface area contributed by atoms with Crippen LogP contribution in [0.5, 0.6) is 0 Å². The topological polar surface area (TPSA) is 67.8 Å². The van der Waals surface area contributed by atoms with Crippen molar-refractivity contribution < 1.29 is 21.6 Å². The standard InChI is InChI=1S/C15H14F3N3O2S.CH4/c1-24(22,23)7-6-21-14(15(16,17)18)12(9-20-21)11-8-19-13-5-3-2-4-10(11)13;/h2-5,8-9,19H,6-7H2,1H3;1H4. The molecule has 9 heteroatoms. The van der Waals surface area contributed by atoms with Crippen molar-refractivity contribution in [2.24, 2.45) is 0 Å². The summed E-state index contributed by atoms with van der Waals surface area (Å²) in [6.45, 7) is -0.351. The highest BCUT2D eigenvalue weighted by Crippen LogP contribution is 2.39. The quantitative estimate of drug-likeness (QED) is 0.758. The average Bonchev–Trinajstić information content (AvgIpc) is 3.07. The number of H-pyrrole nitrogens is 1. The first-order valence-corrected chi connectivity index (χ1v) is 9.10. The Morgan fingerprint density at radius 2 is 1.88 bits per heavy atom. The first kappa shape index (κ1) is 19.0. The molecule has 0 bridgehead atoms. The van der Waals surface area contributed by atoms with Crippen molar-refractivity contribution in [2.75, 3.05) is 12.0 Å². The Morgan fingerprint density at radius 1 is 1.20 bits per heavy atom. The molecule has 136 valence electrons. The molecule has 0 unspecified atom stereocenters. The lowest BCUT2D eigenvalue weighted by molar-refractivity contribution is -0.143. The number of aromatic nitrogens is 3. The number of halogens is 3. The number of benzene rings is 1. The van der Waals surface area contributed by atoms with Crippen LogP contribution in [0.4, 0.5) is 13.2 Å². The van der Waals surface area contributed by atoms with Gasteiger partial charge in [0.15, 0.2) is 0 Å². The number of hydrogen-bond acceptors (Lipinski definition) is 3. The van der Waals surface area contributed by atoms with Crippen LogP contribution in [0, 0.1) is 0 Å². The zero-order chi connectivity index (χ0) is 17.5. The summed E-state index contributed by atoms with van der Waals surface area (Å²) in [6, 6.07) is 7.00. The Kier molecular flexibility index (Phi) is 4.99. The Hall–Kier alpha value is -2.29. The van der Waals surface area contributed by atoms with E-state index in [1.807, 2.05) is 0 Å². The largest absolute Gasteiger partial charge is 0.433 e. The smallest absolute Gasteiger partial charge is 0.361 e. The van der Waals surface area contributed by atoms with Gasteiger partial charge in [0.05, 0.1) is 18.5 Å². The van der Waals surface area contributed by atoms with Crippen molar-refractivity contribution in [3.05, 3.63) is 42.4 Å². The number of nitrogens with one attached hydrogen (secondary N) is 1. The van der Waals surface area contributed by atoms with Crippen LogP contribution in [0.3, 0.4) is 0 Å². The van der Waals surface area contributed by atoms with Gasteiger partial charge >= 0.3 is 6.18 Å². The van der Waals surface area contributed by atoms with Crippen molar-refractivity contribution >= 4 is 20.7 Å². The summed E-state index contributed by atoms with van der Waals surface area (Å²) in [5.41, 5.74) is 0.0670. The Morgan fingerprint density at radius 3 is 2.52 bits per heavy atom. The highest BCUT2D eigenvalue weighted by atomic mass is 32.2. The molecule has 5 nitrogen and oxygen atoms in total. The molecule has 0 aliphatic rings. The maximum atomic E-state index is 13.5. The normalized spacial score (nSPS) is 12.3. The summed E-state index contributed by atoms with van der Waals surface area (Å²) in [6.07, 6.45) is -1.05. The van der Waals surface area contributed by atoms with Crippen LogP contribution in [0.1, 0.15) is 13.1 Å². The van der Waals surface area contributed by atoms with Crippen molar-refractivity contribution in [2.45, 2.75) is 20.1 Å². The zero-order valence-electron chi connectivity index (χ0n) is 12.6. The van der Waals surface area contributed by atoms with E-state index in [2.05, 4.69) is 10.1 Å². The third-order valence-electron chi connectivity index (χ3n) is 3.66. The predicted molar refractivity (Wildman–Crippen MR) is 91.0 cm³/mol. The third kappa shape index (κ3) is 3.87. The van der Waals surface area contributed by atoms with Gasteiger partial charge in [0.1, 0.15) is 15.5 Å². The van der Waals surface area contributed by atoms with E-state index in [0.29, 0.717) is 21.1 Å². The van der Waals surface area contributed by atoms with E-state index in [1.165, 1.54) is 6.20 Å². The van der Waals surface area contributed by atoms with Crippen LogP contribution in [-0.4, -0.2) is 35.2 Å². The van der Waals surface area contributed by atoms with Gasteiger partial charge in [0.25, 0.3) is 0 Å². The minimum Gasteiger partial charge on any atom is -0.361 e. The summed E-state index contributed by atoms with van der Waals surface area (Å²) in [5, 5.41) is 4.41. The van der Waals surface area contributed by atoms with Crippen molar-refractivity contribution in [1.29, 1.82) is 0 Å². The summed E-state index contributed by atoms with van der Waals surface area (Å²) >= 11 is 0. The van der Waals surface area contributed by atoms with Crippen LogP contribution < -0.4 is 0 Å². The van der Waals surface area contributed by atoms with Gasteiger partial charge in [0.2, 0.25) is 0 Å². The van der Waals surface area contributed by atoms with E-state index in [0.717, 1.165) is 12.5 Å². The van der Waals surface area contributed by atoms with Crippen LogP contribution in [0.2, 0.25) is 0 Å². The number of aromatic amines is 1. The lowest BCUT2D eigenvalue weighted by atomic mass is 10.1. The number of alkyl halides is 3. The SMILES string of the molecule is C.CS(=O)(=O)CCn1ncc(-c2c[nH]c3ccccc23)c1C(F)(F)F. The van der Waals surface area contributed by atoms with Crippen LogP contribution in [0.15, 0.2) is 36.7 Å². The first-order valence-electron chi connectivity index (χ1n) is 7.04. The highest BCUT2D eigenvalue weighted by Gasteiger charge is 2.39. The summed E-state index contributed by atoms with van der Waals surface area (Å²) in [4.78, 5) is 2.93. The van der Waals surface area contributed by atoms with Crippen molar-refractivity contribution in [3.63, 3.8) is 0 Å². The molecular weight excluding hydrogens is 355 g/mol. The third-order valence-corrected chi connectivity index (χ3v) is 4.59. The van der Waals surface area contributed by atoms with Gasteiger partial charge in [0, 0.05) is 34.5 Å². The number of para-hydroxylation sites is 1. The minimum absolute atomic E-state index is 0. The van der Waals surface area contributed by atoms with E-state index in [1.54, 1.807) is 24.3 Å². The van der Waals surface area contributed by atoms with Gasteiger partial charge in [-0.1, -0.05) is 25.6 Å².